The fourth-order valence-corrected chi connectivity index (χ4v) is 4.53. The number of nitrogens with zero attached hydrogens (tertiary/aromatic N) is 2. The molecule has 0 fully saturated rings. The molecule has 154 valence electrons. The maximum Gasteiger partial charge on any atom is 0.348 e. The number of thiophene rings is 1. The molecule has 2 amide bonds. The number of hydrogen-bond donors (Lipinski definition) is 2. The topological polar surface area (TPSA) is 91.8 Å². The first-order valence-corrected chi connectivity index (χ1v) is 10.0. The van der Waals surface area contributed by atoms with E-state index in [0.29, 0.717) is 32.9 Å². The van der Waals surface area contributed by atoms with Crippen LogP contribution in [0.4, 0.5) is 26.2 Å². The van der Waals surface area contributed by atoms with Gasteiger partial charge in [0.2, 0.25) is 0 Å². The highest BCUT2D eigenvalue weighted by atomic mass is 32.1. The van der Waals surface area contributed by atoms with E-state index in [1.165, 1.54) is 17.0 Å². The lowest BCUT2D eigenvalue weighted by molar-refractivity contribution is 0.0703. The molecule has 0 saturated carbocycles. The molecular weight excluding hydrogens is 421 g/mol. The zero-order valence-electron chi connectivity index (χ0n) is 16.0. The lowest BCUT2D eigenvalue weighted by atomic mass is 10.1. The summed E-state index contributed by atoms with van der Waals surface area (Å²) in [6.07, 6.45) is 1.54. The summed E-state index contributed by atoms with van der Waals surface area (Å²) in [6, 6.07) is 12.3. The third-order valence-electron chi connectivity index (χ3n) is 4.91. The first kappa shape index (κ1) is 19.0. The molecule has 0 spiro atoms. The van der Waals surface area contributed by atoms with E-state index in [-0.39, 0.29) is 16.3 Å². The molecule has 4 aromatic rings. The summed E-state index contributed by atoms with van der Waals surface area (Å²) in [4.78, 5) is 30.8. The van der Waals surface area contributed by atoms with Gasteiger partial charge < -0.3 is 15.2 Å². The monoisotopic (exact) mass is 435 g/mol. The molecule has 9 heteroatoms. The van der Waals surface area contributed by atoms with Gasteiger partial charge in [0.1, 0.15) is 15.5 Å². The number of carboxylic acids is 1. The van der Waals surface area contributed by atoms with Crippen LogP contribution in [0.2, 0.25) is 0 Å². The van der Waals surface area contributed by atoms with Crippen molar-refractivity contribution in [3.05, 3.63) is 71.0 Å². The van der Waals surface area contributed by atoms with E-state index >= 15 is 0 Å². The van der Waals surface area contributed by atoms with Gasteiger partial charge in [-0.25, -0.2) is 19.0 Å². The van der Waals surface area contributed by atoms with Crippen LogP contribution in [0.25, 0.3) is 10.2 Å². The Kier molecular flexibility index (Phi) is 4.33. The van der Waals surface area contributed by atoms with Crippen LogP contribution >= 0.6 is 11.3 Å². The molecule has 0 saturated heterocycles. The number of benzene rings is 2. The molecule has 7 nitrogen and oxygen atoms in total. The van der Waals surface area contributed by atoms with E-state index in [1.54, 1.807) is 49.5 Å². The summed E-state index contributed by atoms with van der Waals surface area (Å²) in [6.45, 7) is 1.81. The van der Waals surface area contributed by atoms with Crippen molar-refractivity contribution in [1.82, 2.24) is 4.98 Å². The Morgan fingerprint density at radius 2 is 2.00 bits per heavy atom. The highest BCUT2D eigenvalue weighted by molar-refractivity contribution is 7.21. The molecule has 3 heterocycles. The molecule has 0 radical (unpaired) electrons. The van der Waals surface area contributed by atoms with E-state index in [2.05, 4.69) is 10.3 Å². The fourth-order valence-electron chi connectivity index (χ4n) is 3.57. The molecule has 2 aromatic heterocycles. The minimum absolute atomic E-state index is 0.0355. The van der Waals surface area contributed by atoms with Crippen molar-refractivity contribution < 1.29 is 23.8 Å². The Bertz CT molecular complexity index is 1380. The smallest absolute Gasteiger partial charge is 0.348 e. The van der Waals surface area contributed by atoms with Gasteiger partial charge in [-0.1, -0.05) is 12.1 Å². The van der Waals surface area contributed by atoms with Crippen molar-refractivity contribution in [2.24, 2.45) is 0 Å². The van der Waals surface area contributed by atoms with Crippen LogP contribution in [0.1, 0.15) is 15.2 Å². The number of para-hydroxylation sites is 1. The van der Waals surface area contributed by atoms with Crippen LogP contribution < -0.4 is 15.0 Å². The van der Waals surface area contributed by atoms with Crippen LogP contribution in [0.3, 0.4) is 0 Å². The highest BCUT2D eigenvalue weighted by Gasteiger charge is 2.33. The molecule has 0 atom stereocenters. The minimum Gasteiger partial charge on any atom is -0.477 e. The minimum atomic E-state index is -1.12. The predicted molar refractivity (Wildman–Crippen MR) is 115 cm³/mol. The molecule has 0 bridgehead atoms. The van der Waals surface area contributed by atoms with Crippen molar-refractivity contribution in [3.63, 3.8) is 0 Å². The number of hydrogen-bond acceptors (Lipinski definition) is 5. The number of pyridine rings is 1. The number of amides is 2. The second kappa shape index (κ2) is 7.06. The Labute approximate surface area is 179 Å². The number of rotatable bonds is 4. The van der Waals surface area contributed by atoms with Crippen molar-refractivity contribution in [3.8, 4) is 11.5 Å². The largest absolute Gasteiger partial charge is 0.477 e. The third kappa shape index (κ3) is 3.06. The number of nitrogens with one attached hydrogen (secondary N) is 1. The lowest BCUT2D eigenvalue weighted by Crippen LogP contribution is -2.34. The molecule has 1 aliphatic heterocycles. The van der Waals surface area contributed by atoms with Crippen LogP contribution in [0, 0.1) is 12.7 Å². The zero-order valence-corrected chi connectivity index (χ0v) is 16.9. The normalized spacial score (nSPS) is 12.7. The maximum atomic E-state index is 13.9. The Morgan fingerprint density at radius 3 is 2.74 bits per heavy atom. The number of aryl methyl sites for hydroxylation is 1. The van der Waals surface area contributed by atoms with Gasteiger partial charge in [0, 0.05) is 6.20 Å². The molecule has 0 aliphatic carbocycles. The van der Waals surface area contributed by atoms with E-state index in [1.807, 2.05) is 0 Å². The highest BCUT2D eigenvalue weighted by Crippen LogP contribution is 2.46. The molecule has 2 N–H and O–H groups in total. The molecule has 0 unspecified atom stereocenters. The summed E-state index contributed by atoms with van der Waals surface area (Å²) in [5, 5.41) is 12.7. The van der Waals surface area contributed by atoms with Crippen molar-refractivity contribution >= 4 is 50.6 Å². The van der Waals surface area contributed by atoms with Gasteiger partial charge in [0.05, 0.1) is 22.4 Å². The van der Waals surface area contributed by atoms with Crippen molar-refractivity contribution in [1.29, 1.82) is 0 Å². The number of anilines is 3. The van der Waals surface area contributed by atoms with Gasteiger partial charge in [-0.2, -0.15) is 0 Å². The van der Waals surface area contributed by atoms with Gasteiger partial charge >= 0.3 is 12.0 Å². The average Bonchev–Trinajstić information content (AvgIpc) is 3.11. The summed E-state index contributed by atoms with van der Waals surface area (Å²) in [7, 11) is 0. The lowest BCUT2D eigenvalue weighted by Gasteiger charge is -2.29. The standard InChI is InChI=1S/C22H14FN3O4S/c1-11-10-12(30-16-5-3-2-4-13(16)23)6-7-14(11)26-15-8-9-24-20-17(15)18(25-22(26)29)19(31-20)21(27)28/h2-10H,1H3,(H,25,29)(H,27,28). The van der Waals surface area contributed by atoms with Gasteiger partial charge in [-0.15, -0.1) is 11.3 Å². The van der Waals surface area contributed by atoms with E-state index in [9.17, 15) is 19.1 Å². The molecule has 31 heavy (non-hydrogen) atoms. The van der Waals surface area contributed by atoms with Gasteiger partial charge in [-0.3, -0.25) is 4.90 Å². The summed E-state index contributed by atoms with van der Waals surface area (Å²) in [5.74, 6) is -1.07. The number of carbonyl (C=O) groups is 2. The second-order valence-electron chi connectivity index (χ2n) is 6.87. The summed E-state index contributed by atoms with van der Waals surface area (Å²) in [5.41, 5.74) is 2.10. The number of carbonyl (C=O) groups excluding carboxylic acids is 1. The van der Waals surface area contributed by atoms with E-state index < -0.39 is 17.8 Å². The van der Waals surface area contributed by atoms with Crippen LogP contribution in [0.15, 0.2) is 54.7 Å². The van der Waals surface area contributed by atoms with Crippen molar-refractivity contribution in [2.45, 2.75) is 6.92 Å². The predicted octanol–water partition coefficient (Wildman–Crippen LogP) is 5.92. The number of urea groups is 1. The molecule has 2 aromatic carbocycles. The molecule has 5 rings (SSSR count). The van der Waals surface area contributed by atoms with Crippen LogP contribution in [-0.4, -0.2) is 22.1 Å². The first-order chi connectivity index (χ1) is 14.9. The fraction of sp³-hybridized carbons (Fsp3) is 0.0455. The quantitative estimate of drug-likeness (QED) is 0.415. The summed E-state index contributed by atoms with van der Waals surface area (Å²) < 4.78 is 19.5. The number of carboxylic acid groups (broad SMARTS) is 1. The number of halogens is 1. The Balaban J connectivity index is 1.58. The van der Waals surface area contributed by atoms with E-state index in [0.717, 1.165) is 11.3 Å². The van der Waals surface area contributed by atoms with E-state index in [4.69, 9.17) is 4.74 Å². The summed E-state index contributed by atoms with van der Waals surface area (Å²) >= 11 is 1.01. The van der Waals surface area contributed by atoms with Crippen molar-refractivity contribution in [2.75, 3.05) is 10.2 Å². The van der Waals surface area contributed by atoms with Gasteiger partial charge in [-0.05, 0) is 48.9 Å². The average molecular weight is 435 g/mol. The SMILES string of the molecule is Cc1cc(Oc2ccccc2F)ccc1N1C(=O)Nc2c(C(=O)O)sc3nccc1c23. The maximum absolute atomic E-state index is 13.9. The molecular formula is C22H14FN3O4S. The Hall–Kier alpha value is -3.98. The number of ether oxygens (including phenoxy) is 1. The molecule has 1 aliphatic rings. The number of aromatic carboxylic acids is 1. The Morgan fingerprint density at radius 1 is 1.19 bits per heavy atom. The van der Waals surface area contributed by atoms with Crippen LogP contribution in [0.5, 0.6) is 11.5 Å². The number of aromatic nitrogens is 1. The third-order valence-corrected chi connectivity index (χ3v) is 6.00. The van der Waals surface area contributed by atoms with Crippen LogP contribution in [-0.2, 0) is 0 Å². The second-order valence-corrected chi connectivity index (χ2v) is 7.87. The zero-order chi connectivity index (χ0) is 21.7. The van der Waals surface area contributed by atoms with Gasteiger partial charge in [0.25, 0.3) is 0 Å². The first-order valence-electron chi connectivity index (χ1n) is 9.23. The van der Waals surface area contributed by atoms with Gasteiger partial charge in [0.15, 0.2) is 11.6 Å².